The lowest BCUT2D eigenvalue weighted by Gasteiger charge is -2.10. The number of aliphatic hydroxyl groups is 1. The van der Waals surface area contributed by atoms with Crippen LogP contribution in [0.1, 0.15) is 6.92 Å². The lowest BCUT2D eigenvalue weighted by Crippen LogP contribution is -2.29. The van der Waals surface area contributed by atoms with E-state index in [9.17, 15) is 8.42 Å². The van der Waals surface area contributed by atoms with Gasteiger partial charge in [-0.25, -0.2) is 13.1 Å². The highest BCUT2D eigenvalue weighted by atomic mass is 79.9. The predicted octanol–water partition coefficient (Wildman–Crippen LogP) is 0.751. The maximum atomic E-state index is 11.8. The molecule has 1 unspecified atom stereocenters. The number of aromatic nitrogens is 1. The fraction of sp³-hybridized carbons (Fsp3) is 0.444. The molecule has 1 rings (SSSR count). The summed E-state index contributed by atoms with van der Waals surface area (Å²) in [4.78, 5) is 3.89. The average Bonchev–Trinajstić information content (AvgIpc) is 2.26. The number of nitrogens with zero attached hydrogens (tertiary/aromatic N) is 1. The van der Waals surface area contributed by atoms with Crippen LogP contribution in [0, 0.1) is 5.92 Å². The minimum Gasteiger partial charge on any atom is -0.396 e. The smallest absolute Gasteiger partial charge is 0.242 e. The van der Waals surface area contributed by atoms with E-state index in [0.717, 1.165) is 0 Å². The maximum Gasteiger partial charge on any atom is 0.242 e. The van der Waals surface area contributed by atoms with E-state index in [0.29, 0.717) is 4.47 Å². The van der Waals surface area contributed by atoms with E-state index >= 15 is 0 Å². The highest BCUT2D eigenvalue weighted by Crippen LogP contribution is 2.14. The van der Waals surface area contributed by atoms with Crippen LogP contribution >= 0.6 is 15.9 Å². The molecule has 90 valence electrons. The zero-order valence-electron chi connectivity index (χ0n) is 8.72. The molecule has 0 saturated carbocycles. The van der Waals surface area contributed by atoms with Gasteiger partial charge in [0.25, 0.3) is 0 Å². The van der Waals surface area contributed by atoms with Gasteiger partial charge in [-0.3, -0.25) is 4.98 Å². The summed E-state index contributed by atoms with van der Waals surface area (Å²) in [6, 6.07) is 1.47. The van der Waals surface area contributed by atoms with Gasteiger partial charge in [-0.1, -0.05) is 6.92 Å². The number of hydrogen-bond acceptors (Lipinski definition) is 4. The molecule has 0 saturated heterocycles. The van der Waals surface area contributed by atoms with Gasteiger partial charge in [-0.15, -0.1) is 0 Å². The monoisotopic (exact) mass is 308 g/mol. The zero-order valence-corrected chi connectivity index (χ0v) is 11.1. The number of pyridine rings is 1. The van der Waals surface area contributed by atoms with Crippen molar-refractivity contribution in [2.24, 2.45) is 5.92 Å². The third kappa shape index (κ3) is 3.82. The lowest BCUT2D eigenvalue weighted by atomic mass is 10.2. The summed E-state index contributed by atoms with van der Waals surface area (Å²) in [5, 5.41) is 8.79. The number of halogens is 1. The molecular weight excluding hydrogens is 296 g/mol. The Hall–Kier alpha value is -0.500. The Morgan fingerprint density at radius 3 is 2.81 bits per heavy atom. The van der Waals surface area contributed by atoms with Gasteiger partial charge in [0, 0.05) is 30.0 Å². The second kappa shape index (κ2) is 5.72. The van der Waals surface area contributed by atoms with Gasteiger partial charge in [-0.2, -0.15) is 0 Å². The molecule has 1 atom stereocenters. The van der Waals surface area contributed by atoms with E-state index < -0.39 is 10.0 Å². The largest absolute Gasteiger partial charge is 0.396 e. The van der Waals surface area contributed by atoms with Crippen LogP contribution in [0.2, 0.25) is 0 Å². The van der Waals surface area contributed by atoms with Gasteiger partial charge < -0.3 is 5.11 Å². The molecule has 0 aromatic carbocycles. The van der Waals surface area contributed by atoms with E-state index in [2.05, 4.69) is 25.6 Å². The molecule has 0 radical (unpaired) electrons. The van der Waals surface area contributed by atoms with E-state index in [4.69, 9.17) is 5.11 Å². The van der Waals surface area contributed by atoms with Gasteiger partial charge in [0.2, 0.25) is 10.0 Å². The first kappa shape index (κ1) is 13.6. The number of aliphatic hydroxyl groups excluding tert-OH is 1. The second-order valence-electron chi connectivity index (χ2n) is 3.48. The fourth-order valence-electron chi connectivity index (χ4n) is 0.939. The normalized spacial score (nSPS) is 13.7. The molecule has 1 aromatic heterocycles. The molecule has 1 aromatic rings. The molecule has 0 aliphatic rings. The highest BCUT2D eigenvalue weighted by molar-refractivity contribution is 9.10. The average molecular weight is 309 g/mol. The first-order chi connectivity index (χ1) is 7.45. The van der Waals surface area contributed by atoms with Gasteiger partial charge in [-0.05, 0) is 27.9 Å². The van der Waals surface area contributed by atoms with Crippen molar-refractivity contribution < 1.29 is 13.5 Å². The van der Waals surface area contributed by atoms with Gasteiger partial charge in [0.15, 0.2) is 0 Å². The summed E-state index contributed by atoms with van der Waals surface area (Å²) < 4.78 is 26.5. The van der Waals surface area contributed by atoms with Crippen LogP contribution in [0.4, 0.5) is 0 Å². The first-order valence-corrected chi connectivity index (χ1v) is 6.94. The minimum absolute atomic E-state index is 0.0563. The summed E-state index contributed by atoms with van der Waals surface area (Å²) in [6.07, 6.45) is 2.78. The third-order valence-corrected chi connectivity index (χ3v) is 3.75. The number of hydrogen-bond donors (Lipinski definition) is 2. The van der Waals surface area contributed by atoms with Crippen molar-refractivity contribution >= 4 is 26.0 Å². The molecule has 0 bridgehead atoms. The minimum atomic E-state index is -3.54. The highest BCUT2D eigenvalue weighted by Gasteiger charge is 2.15. The van der Waals surface area contributed by atoms with Crippen LogP contribution in [-0.4, -0.2) is 31.7 Å². The molecule has 0 amide bonds. The summed E-state index contributed by atoms with van der Waals surface area (Å²) in [5.41, 5.74) is 0. The first-order valence-electron chi connectivity index (χ1n) is 4.67. The zero-order chi connectivity index (χ0) is 12.2. The molecule has 1 heterocycles. The molecule has 2 N–H and O–H groups in total. The molecular formula is C9H13BrN2O3S. The van der Waals surface area contributed by atoms with Crippen LogP contribution in [0.15, 0.2) is 27.8 Å². The molecule has 7 heteroatoms. The van der Waals surface area contributed by atoms with Crippen LogP contribution in [0.5, 0.6) is 0 Å². The van der Waals surface area contributed by atoms with Crippen LogP contribution in [0.3, 0.4) is 0 Å². The van der Waals surface area contributed by atoms with Crippen molar-refractivity contribution in [2.45, 2.75) is 11.8 Å². The molecule has 16 heavy (non-hydrogen) atoms. The van der Waals surface area contributed by atoms with Crippen LogP contribution in [-0.2, 0) is 10.0 Å². The summed E-state index contributed by atoms with van der Waals surface area (Å²) in [6.45, 7) is 1.90. The Kier molecular flexibility index (Phi) is 4.85. The Labute approximate surface area is 103 Å². The fourth-order valence-corrected chi connectivity index (χ4v) is 2.61. The number of nitrogens with one attached hydrogen (secondary N) is 1. The maximum absolute atomic E-state index is 11.8. The molecule has 5 nitrogen and oxygen atoms in total. The van der Waals surface area contributed by atoms with Crippen molar-refractivity contribution in [3.05, 3.63) is 22.9 Å². The third-order valence-electron chi connectivity index (χ3n) is 1.92. The van der Waals surface area contributed by atoms with E-state index in [1.165, 1.54) is 18.5 Å². The molecule has 0 fully saturated rings. The van der Waals surface area contributed by atoms with Crippen LogP contribution in [0.25, 0.3) is 0 Å². The number of rotatable bonds is 5. The number of sulfonamides is 1. The quantitative estimate of drug-likeness (QED) is 0.841. The van der Waals surface area contributed by atoms with Gasteiger partial charge in [0.1, 0.15) is 4.90 Å². The summed E-state index contributed by atoms with van der Waals surface area (Å²) in [7, 11) is -3.54. The topological polar surface area (TPSA) is 79.3 Å². The van der Waals surface area contributed by atoms with E-state index in [-0.39, 0.29) is 24.0 Å². The van der Waals surface area contributed by atoms with E-state index in [1.807, 2.05) is 0 Å². The molecule has 0 spiro atoms. The SMILES string of the molecule is CC(CO)CNS(=O)(=O)c1cncc(Br)c1. The predicted molar refractivity (Wildman–Crippen MR) is 63.4 cm³/mol. The van der Waals surface area contributed by atoms with Crippen molar-refractivity contribution in [1.29, 1.82) is 0 Å². The van der Waals surface area contributed by atoms with Crippen molar-refractivity contribution in [2.75, 3.05) is 13.2 Å². The Bertz CT molecular complexity index is 450. The summed E-state index contributed by atoms with van der Waals surface area (Å²) in [5.74, 6) is -0.116. The molecule has 0 aliphatic heterocycles. The van der Waals surface area contributed by atoms with Crippen LogP contribution < -0.4 is 4.72 Å². The Balaban J connectivity index is 2.78. The van der Waals surface area contributed by atoms with Gasteiger partial charge >= 0.3 is 0 Å². The molecule has 0 aliphatic carbocycles. The summed E-state index contributed by atoms with van der Waals surface area (Å²) >= 11 is 3.15. The Morgan fingerprint density at radius 1 is 1.56 bits per heavy atom. The van der Waals surface area contributed by atoms with E-state index in [1.54, 1.807) is 6.92 Å². The lowest BCUT2D eigenvalue weighted by molar-refractivity contribution is 0.238. The standard InChI is InChI=1S/C9H13BrN2O3S/c1-7(6-13)3-12-16(14,15)9-2-8(10)4-11-5-9/h2,4-5,7,12-13H,3,6H2,1H3. The second-order valence-corrected chi connectivity index (χ2v) is 6.16. The van der Waals surface area contributed by atoms with Crippen molar-refractivity contribution in [3.63, 3.8) is 0 Å². The Morgan fingerprint density at radius 2 is 2.25 bits per heavy atom. The van der Waals surface area contributed by atoms with Gasteiger partial charge in [0.05, 0.1) is 0 Å². The van der Waals surface area contributed by atoms with Crippen molar-refractivity contribution in [1.82, 2.24) is 9.71 Å². The van der Waals surface area contributed by atoms with Crippen molar-refractivity contribution in [3.8, 4) is 0 Å².